The Morgan fingerprint density at radius 2 is 1.95 bits per heavy atom. The average molecular weight is 383 g/mol. The van der Waals surface area contributed by atoms with Crippen LogP contribution in [0, 0.1) is 6.92 Å². The van der Waals surface area contributed by atoms with Crippen molar-refractivity contribution in [2.24, 2.45) is 0 Å². The van der Waals surface area contributed by atoms with Gasteiger partial charge in [0, 0.05) is 32.3 Å². The number of aromatic nitrogens is 1. The zero-order valence-electron chi connectivity index (χ0n) is 10.5. The van der Waals surface area contributed by atoms with Gasteiger partial charge in [0.15, 0.2) is 5.78 Å². The molecule has 0 unspecified atom stereocenters. The molecule has 0 saturated carbocycles. The van der Waals surface area contributed by atoms with E-state index in [-0.39, 0.29) is 5.78 Å². The van der Waals surface area contributed by atoms with Gasteiger partial charge in [0.05, 0.1) is 5.69 Å². The van der Waals surface area contributed by atoms with Crippen LogP contribution in [0.3, 0.4) is 0 Å². The minimum absolute atomic E-state index is 0.274. The van der Waals surface area contributed by atoms with Gasteiger partial charge in [0.25, 0.3) is 0 Å². The Morgan fingerprint density at radius 3 is 2.68 bits per heavy atom. The number of carbonyl (C=O) groups is 1. The molecule has 0 aliphatic heterocycles. The lowest BCUT2D eigenvalue weighted by Gasteiger charge is -2.17. The molecule has 1 aliphatic carbocycles. The van der Waals surface area contributed by atoms with Crippen molar-refractivity contribution in [2.45, 2.75) is 26.2 Å². The monoisotopic (exact) mass is 381 g/mol. The highest BCUT2D eigenvalue weighted by Gasteiger charge is 2.23. The molecule has 1 aromatic heterocycles. The fourth-order valence-electron chi connectivity index (χ4n) is 2.73. The van der Waals surface area contributed by atoms with E-state index in [4.69, 9.17) is 0 Å². The van der Waals surface area contributed by atoms with Crippen molar-refractivity contribution < 1.29 is 4.79 Å². The van der Waals surface area contributed by atoms with Crippen molar-refractivity contribution in [3.63, 3.8) is 0 Å². The van der Waals surface area contributed by atoms with E-state index in [9.17, 15) is 4.79 Å². The molecule has 0 radical (unpaired) electrons. The zero-order valence-corrected chi connectivity index (χ0v) is 13.7. The van der Waals surface area contributed by atoms with Gasteiger partial charge < -0.3 is 4.57 Å². The first-order valence-corrected chi connectivity index (χ1v) is 7.86. The topological polar surface area (TPSA) is 22.0 Å². The normalized spacial score (nSPS) is 14.6. The third kappa shape index (κ3) is 2.21. The first-order chi connectivity index (χ1) is 9.08. The largest absolute Gasteiger partial charge is 0.316 e. The summed E-state index contributed by atoms with van der Waals surface area (Å²) in [5, 5.41) is 0. The Hall–Kier alpha value is -0.870. The van der Waals surface area contributed by atoms with Crippen LogP contribution in [0.15, 0.2) is 33.2 Å². The second-order valence-corrected chi connectivity index (χ2v) is 6.62. The summed E-state index contributed by atoms with van der Waals surface area (Å²) in [6.45, 7) is 2.06. The summed E-state index contributed by atoms with van der Waals surface area (Å²) in [6, 6.07) is 8.15. The van der Waals surface area contributed by atoms with Crippen LogP contribution in [0.25, 0.3) is 5.69 Å². The van der Waals surface area contributed by atoms with Gasteiger partial charge in [-0.25, -0.2) is 0 Å². The van der Waals surface area contributed by atoms with Crippen molar-refractivity contribution in [1.29, 1.82) is 0 Å². The molecule has 0 saturated heterocycles. The van der Waals surface area contributed by atoms with Crippen molar-refractivity contribution in [3.05, 3.63) is 50.2 Å². The van der Waals surface area contributed by atoms with Crippen molar-refractivity contribution in [1.82, 2.24) is 4.57 Å². The van der Waals surface area contributed by atoms with Crippen LogP contribution < -0.4 is 0 Å². The third-order valence-electron chi connectivity index (χ3n) is 3.56. The van der Waals surface area contributed by atoms with Crippen molar-refractivity contribution in [3.8, 4) is 5.69 Å². The van der Waals surface area contributed by atoms with Crippen LogP contribution in [-0.4, -0.2) is 10.4 Å². The van der Waals surface area contributed by atoms with Crippen LogP contribution in [0.5, 0.6) is 0 Å². The molecule has 2 aromatic rings. The number of aryl methyl sites for hydroxylation is 1. The number of hydrogen-bond acceptors (Lipinski definition) is 1. The van der Waals surface area contributed by atoms with Gasteiger partial charge in [-0.05, 0) is 60.0 Å². The van der Waals surface area contributed by atoms with Crippen LogP contribution >= 0.6 is 31.9 Å². The van der Waals surface area contributed by atoms with Crippen molar-refractivity contribution in [2.75, 3.05) is 0 Å². The zero-order chi connectivity index (χ0) is 13.6. The Bertz CT molecular complexity index is 673. The molecule has 1 heterocycles. The number of fused-ring (bicyclic) bond motifs is 1. The standard InChI is InChI=1S/C15H13Br2NO/c1-9-7-11-13(3-2-4-15(11)19)18(9)14-6-5-10(16)8-12(14)17/h5-8H,2-4H2,1H3. The SMILES string of the molecule is Cc1cc2c(n1-c1ccc(Br)cc1Br)CCCC2=O. The summed E-state index contributed by atoms with van der Waals surface area (Å²) in [4.78, 5) is 12.0. The summed E-state index contributed by atoms with van der Waals surface area (Å²) in [5.74, 6) is 0.274. The van der Waals surface area contributed by atoms with Gasteiger partial charge in [-0.2, -0.15) is 0 Å². The highest BCUT2D eigenvalue weighted by Crippen LogP contribution is 2.32. The number of carbonyl (C=O) groups excluding carboxylic acids is 1. The Kier molecular flexibility index (Phi) is 3.39. The Balaban J connectivity index is 2.23. The van der Waals surface area contributed by atoms with Gasteiger partial charge in [0.2, 0.25) is 0 Å². The lowest BCUT2D eigenvalue weighted by molar-refractivity contribution is 0.0972. The van der Waals surface area contributed by atoms with Crippen LogP contribution in [0.2, 0.25) is 0 Å². The lowest BCUT2D eigenvalue weighted by Crippen LogP contribution is -2.12. The number of rotatable bonds is 1. The number of halogens is 2. The molecule has 1 aliphatic rings. The van der Waals surface area contributed by atoms with E-state index in [2.05, 4.69) is 49.4 Å². The quantitative estimate of drug-likeness (QED) is 0.692. The molecule has 1 aromatic carbocycles. The molecule has 19 heavy (non-hydrogen) atoms. The average Bonchev–Trinajstić information content (AvgIpc) is 2.68. The highest BCUT2D eigenvalue weighted by atomic mass is 79.9. The van der Waals surface area contributed by atoms with E-state index < -0.39 is 0 Å². The maximum absolute atomic E-state index is 12.0. The van der Waals surface area contributed by atoms with Crippen LogP contribution in [0.1, 0.15) is 34.6 Å². The minimum Gasteiger partial charge on any atom is -0.316 e. The predicted octanol–water partition coefficient (Wildman–Crippen LogP) is 4.83. The molecule has 2 nitrogen and oxygen atoms in total. The van der Waals surface area contributed by atoms with Gasteiger partial charge in [-0.1, -0.05) is 15.9 Å². The highest BCUT2D eigenvalue weighted by molar-refractivity contribution is 9.11. The summed E-state index contributed by atoms with van der Waals surface area (Å²) >= 11 is 7.08. The van der Waals surface area contributed by atoms with E-state index in [1.165, 1.54) is 0 Å². The van der Waals surface area contributed by atoms with E-state index >= 15 is 0 Å². The van der Waals surface area contributed by atoms with Gasteiger partial charge in [0.1, 0.15) is 0 Å². The fraction of sp³-hybridized carbons (Fsp3) is 0.267. The number of hydrogen-bond donors (Lipinski definition) is 0. The molecular formula is C15H13Br2NO. The third-order valence-corrected chi connectivity index (χ3v) is 4.68. The molecule has 0 atom stereocenters. The molecule has 3 rings (SSSR count). The second kappa shape index (κ2) is 4.91. The van der Waals surface area contributed by atoms with Gasteiger partial charge >= 0.3 is 0 Å². The molecule has 0 fully saturated rings. The molecule has 0 amide bonds. The van der Waals surface area contributed by atoms with E-state index in [0.717, 1.165) is 44.4 Å². The summed E-state index contributed by atoms with van der Waals surface area (Å²) in [5.41, 5.74) is 4.26. The number of nitrogens with zero attached hydrogens (tertiary/aromatic N) is 1. The minimum atomic E-state index is 0.274. The molecule has 0 N–H and O–H groups in total. The van der Waals surface area contributed by atoms with Gasteiger partial charge in [-0.3, -0.25) is 4.79 Å². The summed E-state index contributed by atoms with van der Waals surface area (Å²) in [7, 11) is 0. The second-order valence-electron chi connectivity index (χ2n) is 4.85. The predicted molar refractivity (Wildman–Crippen MR) is 83.2 cm³/mol. The van der Waals surface area contributed by atoms with E-state index in [0.29, 0.717) is 6.42 Å². The number of ketones is 1. The number of benzene rings is 1. The van der Waals surface area contributed by atoms with Crippen LogP contribution in [-0.2, 0) is 6.42 Å². The van der Waals surface area contributed by atoms with Gasteiger partial charge in [-0.15, -0.1) is 0 Å². The maximum atomic E-state index is 12.0. The molecular weight excluding hydrogens is 370 g/mol. The van der Waals surface area contributed by atoms with E-state index in [1.807, 2.05) is 18.2 Å². The first-order valence-electron chi connectivity index (χ1n) is 6.28. The number of Topliss-reactive ketones (excluding diaryl/α,β-unsaturated/α-hetero) is 1. The Morgan fingerprint density at radius 1 is 1.16 bits per heavy atom. The van der Waals surface area contributed by atoms with E-state index in [1.54, 1.807) is 0 Å². The fourth-order valence-corrected chi connectivity index (χ4v) is 3.95. The Labute approximate surface area is 129 Å². The molecule has 98 valence electrons. The molecule has 0 spiro atoms. The molecule has 4 heteroatoms. The lowest BCUT2D eigenvalue weighted by atomic mass is 9.96. The van der Waals surface area contributed by atoms with Crippen LogP contribution in [0.4, 0.5) is 0 Å². The summed E-state index contributed by atoms with van der Waals surface area (Å²) < 4.78 is 4.27. The smallest absolute Gasteiger partial charge is 0.164 e. The maximum Gasteiger partial charge on any atom is 0.164 e. The molecule has 0 bridgehead atoms. The first kappa shape index (κ1) is 13.1. The van der Waals surface area contributed by atoms with Crippen molar-refractivity contribution >= 4 is 37.6 Å². The summed E-state index contributed by atoms with van der Waals surface area (Å²) in [6.07, 6.45) is 2.60.